The van der Waals surface area contributed by atoms with E-state index in [1.54, 1.807) is 6.20 Å². The first-order valence-corrected chi connectivity index (χ1v) is 10.6. The van der Waals surface area contributed by atoms with Crippen LogP contribution in [0.25, 0.3) is 10.9 Å². The number of rotatable bonds is 5. The lowest BCUT2D eigenvalue weighted by molar-refractivity contribution is -0.192. The zero-order valence-corrected chi connectivity index (χ0v) is 18.4. The van der Waals surface area contributed by atoms with Crippen LogP contribution in [0.4, 0.5) is 30.6 Å². The van der Waals surface area contributed by atoms with Gasteiger partial charge in [-0.1, -0.05) is 0 Å². The van der Waals surface area contributed by atoms with Crippen molar-refractivity contribution in [3.05, 3.63) is 36.2 Å². The minimum absolute atomic E-state index is 0.374. The van der Waals surface area contributed by atoms with Gasteiger partial charge in [0.2, 0.25) is 0 Å². The quantitative estimate of drug-likeness (QED) is 0.408. The molecule has 0 atom stereocenters. The number of halogens is 3. The van der Waals surface area contributed by atoms with Gasteiger partial charge in [-0.2, -0.15) is 23.5 Å². The van der Waals surface area contributed by atoms with Gasteiger partial charge in [0.1, 0.15) is 11.6 Å². The smallest absolute Gasteiger partial charge is 0.475 e. The van der Waals surface area contributed by atoms with E-state index in [0.717, 1.165) is 53.9 Å². The monoisotopic (exact) mass is 475 g/mol. The fourth-order valence-electron chi connectivity index (χ4n) is 3.70. The minimum Gasteiger partial charge on any atom is -0.475 e. The van der Waals surface area contributed by atoms with Crippen molar-refractivity contribution < 1.29 is 23.1 Å². The van der Waals surface area contributed by atoms with Crippen molar-refractivity contribution in [2.45, 2.75) is 51.2 Å². The molecule has 1 aliphatic rings. The molecule has 3 heterocycles. The molecule has 0 aliphatic heterocycles. The van der Waals surface area contributed by atoms with Crippen LogP contribution in [0.1, 0.15) is 37.8 Å². The molecule has 0 aromatic carbocycles. The van der Waals surface area contributed by atoms with Crippen molar-refractivity contribution in [3.63, 3.8) is 0 Å². The van der Waals surface area contributed by atoms with Gasteiger partial charge < -0.3 is 15.7 Å². The molecule has 0 radical (unpaired) electrons. The fraction of sp³-hybridized carbons (Fsp3) is 0.409. The number of H-pyrrole nitrogens is 1. The van der Waals surface area contributed by atoms with Crippen molar-refractivity contribution in [1.29, 1.82) is 5.26 Å². The largest absolute Gasteiger partial charge is 0.490 e. The average Bonchev–Trinajstić information content (AvgIpc) is 3.19. The van der Waals surface area contributed by atoms with Crippen LogP contribution < -0.4 is 10.6 Å². The van der Waals surface area contributed by atoms with Crippen LogP contribution in [-0.2, 0) is 4.79 Å². The normalized spacial score (nSPS) is 17.9. The van der Waals surface area contributed by atoms with Crippen LogP contribution >= 0.6 is 0 Å². The Labute approximate surface area is 193 Å². The number of nitrogens with one attached hydrogen (secondary N) is 3. The number of aromatic nitrogens is 4. The van der Waals surface area contributed by atoms with Gasteiger partial charge in [-0.15, -0.1) is 0 Å². The van der Waals surface area contributed by atoms with Gasteiger partial charge in [-0.05, 0) is 50.7 Å². The van der Waals surface area contributed by atoms with Crippen molar-refractivity contribution in [3.8, 4) is 6.07 Å². The SMILES string of the molecule is Cc1cc(Nc2cc3ncccc3c(NC3CCC(CC#N)CC3)n2)n[nH]1.O=C(O)C(F)(F)F. The minimum atomic E-state index is -5.08. The summed E-state index contributed by atoms with van der Waals surface area (Å²) < 4.78 is 31.7. The molecule has 1 saturated carbocycles. The number of carbonyl (C=O) groups is 1. The summed E-state index contributed by atoms with van der Waals surface area (Å²) in [6.45, 7) is 1.96. The van der Waals surface area contributed by atoms with Crippen LogP contribution in [0, 0.1) is 24.2 Å². The number of aryl methyl sites for hydroxylation is 1. The lowest BCUT2D eigenvalue weighted by Gasteiger charge is -2.28. The maximum absolute atomic E-state index is 10.6. The van der Waals surface area contributed by atoms with Crippen molar-refractivity contribution >= 4 is 34.3 Å². The molecule has 1 aliphatic carbocycles. The lowest BCUT2D eigenvalue weighted by Crippen LogP contribution is -2.26. The second kappa shape index (κ2) is 10.8. The van der Waals surface area contributed by atoms with E-state index in [0.29, 0.717) is 24.2 Å². The second-order valence-electron chi connectivity index (χ2n) is 8.01. The lowest BCUT2D eigenvalue weighted by atomic mass is 9.84. The highest BCUT2D eigenvalue weighted by Crippen LogP contribution is 2.31. The van der Waals surface area contributed by atoms with E-state index in [2.05, 4.69) is 31.9 Å². The number of pyridine rings is 2. The van der Waals surface area contributed by atoms with Crippen LogP contribution in [0.2, 0.25) is 0 Å². The van der Waals surface area contributed by atoms with Crippen LogP contribution in [0.15, 0.2) is 30.5 Å². The Morgan fingerprint density at radius 1 is 1.26 bits per heavy atom. The molecule has 34 heavy (non-hydrogen) atoms. The Bertz CT molecular complexity index is 1170. The summed E-state index contributed by atoms with van der Waals surface area (Å²) in [5.74, 6) is 0.0773. The Balaban J connectivity index is 0.000000406. The summed E-state index contributed by atoms with van der Waals surface area (Å²) in [6, 6.07) is 10.5. The van der Waals surface area contributed by atoms with Gasteiger partial charge in [0.05, 0.1) is 11.6 Å². The van der Waals surface area contributed by atoms with Crippen LogP contribution in [0.3, 0.4) is 0 Å². The molecule has 3 aromatic rings. The molecular formula is C22H24F3N7O2. The molecule has 0 bridgehead atoms. The van der Waals surface area contributed by atoms with Crippen LogP contribution in [-0.4, -0.2) is 43.5 Å². The molecule has 12 heteroatoms. The standard InChI is InChI=1S/C20H23N7.C2HF3O2/c1-13-11-19(27-26-13)24-18-12-17-16(3-2-10-22-17)20(25-18)23-15-6-4-14(5-7-15)8-9-21;3-2(4,5)1(6)7/h2-3,10-12,14-15H,4-8H2,1H3,(H3,23,24,25,26,27);(H,6,7). The van der Waals surface area contributed by atoms with E-state index in [1.807, 2.05) is 31.2 Å². The Morgan fingerprint density at radius 3 is 2.56 bits per heavy atom. The molecular weight excluding hydrogens is 451 g/mol. The number of carboxylic acid groups (broad SMARTS) is 1. The number of nitrogens with zero attached hydrogens (tertiary/aromatic N) is 4. The number of alkyl halides is 3. The summed E-state index contributed by atoms with van der Waals surface area (Å²) in [5.41, 5.74) is 1.88. The van der Waals surface area contributed by atoms with E-state index < -0.39 is 12.1 Å². The number of fused-ring (bicyclic) bond motifs is 1. The van der Waals surface area contributed by atoms with Gasteiger partial charge in [-0.25, -0.2) is 9.78 Å². The fourth-order valence-corrected chi connectivity index (χ4v) is 3.70. The number of nitriles is 1. The highest BCUT2D eigenvalue weighted by Gasteiger charge is 2.38. The molecule has 9 nitrogen and oxygen atoms in total. The Hall–Kier alpha value is -3.88. The molecule has 0 unspecified atom stereocenters. The first-order chi connectivity index (χ1) is 16.2. The Kier molecular flexibility index (Phi) is 7.88. The highest BCUT2D eigenvalue weighted by molar-refractivity contribution is 5.91. The highest BCUT2D eigenvalue weighted by atomic mass is 19.4. The van der Waals surface area contributed by atoms with E-state index in [-0.39, 0.29) is 0 Å². The third-order valence-electron chi connectivity index (χ3n) is 5.37. The molecule has 0 saturated heterocycles. The van der Waals surface area contributed by atoms with Gasteiger partial charge in [0.15, 0.2) is 5.82 Å². The molecule has 4 rings (SSSR count). The molecule has 0 amide bonds. The maximum atomic E-state index is 10.6. The predicted octanol–water partition coefficient (Wildman–Crippen LogP) is 4.92. The summed E-state index contributed by atoms with van der Waals surface area (Å²) in [6.07, 6.45) is 1.68. The summed E-state index contributed by atoms with van der Waals surface area (Å²) >= 11 is 0. The molecule has 3 aromatic heterocycles. The summed E-state index contributed by atoms with van der Waals surface area (Å²) in [7, 11) is 0. The first kappa shape index (κ1) is 24.8. The molecule has 1 fully saturated rings. The van der Waals surface area contributed by atoms with Crippen molar-refractivity contribution in [2.24, 2.45) is 5.92 Å². The van der Waals surface area contributed by atoms with Gasteiger partial charge in [0.25, 0.3) is 0 Å². The number of aromatic amines is 1. The summed E-state index contributed by atoms with van der Waals surface area (Å²) in [4.78, 5) is 18.2. The van der Waals surface area contributed by atoms with Gasteiger partial charge in [-0.3, -0.25) is 10.1 Å². The van der Waals surface area contributed by atoms with E-state index in [9.17, 15) is 13.2 Å². The summed E-state index contributed by atoms with van der Waals surface area (Å²) in [5, 5.41) is 31.0. The number of aliphatic carboxylic acids is 1. The zero-order valence-electron chi connectivity index (χ0n) is 18.4. The number of carboxylic acids is 1. The van der Waals surface area contributed by atoms with E-state index >= 15 is 0 Å². The third kappa shape index (κ3) is 6.81. The zero-order chi connectivity index (χ0) is 24.7. The third-order valence-corrected chi connectivity index (χ3v) is 5.37. The molecule has 4 N–H and O–H groups in total. The average molecular weight is 475 g/mol. The number of hydrogen-bond acceptors (Lipinski definition) is 7. The van der Waals surface area contributed by atoms with Crippen molar-refractivity contribution in [2.75, 3.05) is 10.6 Å². The topological polar surface area (TPSA) is 140 Å². The van der Waals surface area contributed by atoms with Gasteiger partial charge in [0, 0.05) is 41.9 Å². The van der Waals surface area contributed by atoms with E-state index in [4.69, 9.17) is 20.1 Å². The van der Waals surface area contributed by atoms with E-state index in [1.165, 1.54) is 0 Å². The number of hydrogen-bond donors (Lipinski definition) is 4. The van der Waals surface area contributed by atoms with Crippen LogP contribution in [0.5, 0.6) is 0 Å². The first-order valence-electron chi connectivity index (χ1n) is 10.6. The molecule has 0 spiro atoms. The maximum Gasteiger partial charge on any atom is 0.490 e. The van der Waals surface area contributed by atoms with Gasteiger partial charge >= 0.3 is 12.1 Å². The predicted molar refractivity (Wildman–Crippen MR) is 119 cm³/mol. The second-order valence-corrected chi connectivity index (χ2v) is 8.01. The molecule has 180 valence electrons. The number of anilines is 3. The van der Waals surface area contributed by atoms with Crippen molar-refractivity contribution in [1.82, 2.24) is 20.2 Å². The Morgan fingerprint density at radius 2 is 1.97 bits per heavy atom.